The van der Waals surface area contributed by atoms with Crippen molar-refractivity contribution in [3.05, 3.63) is 11.6 Å². The van der Waals surface area contributed by atoms with Crippen LogP contribution in [0, 0.1) is 0 Å². The van der Waals surface area contributed by atoms with Gasteiger partial charge in [0.25, 0.3) is 0 Å². The van der Waals surface area contributed by atoms with Crippen LogP contribution in [0.1, 0.15) is 40.5 Å². The topological polar surface area (TPSA) is 12.4 Å². The Hall–Kier alpha value is -0.800. The van der Waals surface area contributed by atoms with E-state index in [4.69, 9.17) is 0 Å². The summed E-state index contributed by atoms with van der Waals surface area (Å²) in [5, 5.41) is 0. The van der Waals surface area contributed by atoms with Crippen LogP contribution in [0.3, 0.4) is 0 Å². The third-order valence-electron chi connectivity index (χ3n) is 1.82. The van der Waals surface area contributed by atoms with Crippen LogP contribution in [0.15, 0.2) is 16.6 Å². The highest BCUT2D eigenvalue weighted by Crippen LogP contribution is 2.26. The van der Waals surface area contributed by atoms with E-state index in [1.165, 1.54) is 33.7 Å². The second-order valence-corrected chi connectivity index (χ2v) is 3.01. The van der Waals surface area contributed by atoms with Gasteiger partial charge in [0, 0.05) is 12.8 Å². The van der Waals surface area contributed by atoms with Crippen LogP contribution in [0.2, 0.25) is 0 Å². The Morgan fingerprint density at radius 3 is 1.67 bits per heavy atom. The lowest BCUT2D eigenvalue weighted by Gasteiger charge is -2.09. The van der Waals surface area contributed by atoms with E-state index in [-0.39, 0.29) is 5.71 Å². The Balaban J connectivity index is 0. The van der Waals surface area contributed by atoms with Crippen molar-refractivity contribution in [1.29, 1.82) is 0 Å². The summed E-state index contributed by atoms with van der Waals surface area (Å²) < 4.78 is 36.0. The van der Waals surface area contributed by atoms with Crippen molar-refractivity contribution >= 4 is 5.71 Å². The zero-order valence-corrected chi connectivity index (χ0v) is 10.1. The standard InChI is InChI=1S/C7H10F3N.C4H10/c1-4-6(5(2)11-3)7(8,9)10;1-3-4-2/h4H,1-3H3;3-4H2,1-2H3/b6-4+,11-5?;. The van der Waals surface area contributed by atoms with Crippen LogP contribution in [0.4, 0.5) is 13.2 Å². The summed E-state index contributed by atoms with van der Waals surface area (Å²) in [6.07, 6.45) is -0.624. The van der Waals surface area contributed by atoms with Gasteiger partial charge < -0.3 is 0 Å². The molecule has 0 spiro atoms. The van der Waals surface area contributed by atoms with Crippen molar-refractivity contribution in [3.63, 3.8) is 0 Å². The highest BCUT2D eigenvalue weighted by Gasteiger charge is 2.34. The molecule has 1 nitrogen and oxygen atoms in total. The van der Waals surface area contributed by atoms with E-state index < -0.39 is 11.7 Å². The molecule has 0 aliphatic carbocycles. The number of nitrogens with zero attached hydrogens (tertiary/aromatic N) is 1. The third kappa shape index (κ3) is 8.21. The second kappa shape index (κ2) is 8.50. The van der Waals surface area contributed by atoms with Gasteiger partial charge in [-0.05, 0) is 13.8 Å². The molecule has 0 aromatic heterocycles. The summed E-state index contributed by atoms with van der Waals surface area (Å²) in [4.78, 5) is 3.45. The largest absolute Gasteiger partial charge is 0.417 e. The van der Waals surface area contributed by atoms with Gasteiger partial charge in [0.15, 0.2) is 0 Å². The van der Waals surface area contributed by atoms with E-state index in [0.29, 0.717) is 0 Å². The summed E-state index contributed by atoms with van der Waals surface area (Å²) in [5.41, 5.74) is -0.653. The summed E-state index contributed by atoms with van der Waals surface area (Å²) in [6.45, 7) is 7.04. The van der Waals surface area contributed by atoms with Crippen molar-refractivity contribution in [2.45, 2.75) is 46.7 Å². The van der Waals surface area contributed by atoms with Crippen molar-refractivity contribution in [1.82, 2.24) is 0 Å². The zero-order valence-electron chi connectivity index (χ0n) is 10.1. The molecule has 0 fully saturated rings. The number of aliphatic imine (C=N–C) groups is 1. The lowest BCUT2D eigenvalue weighted by molar-refractivity contribution is -0.0862. The summed E-state index contributed by atoms with van der Waals surface area (Å²) >= 11 is 0. The van der Waals surface area contributed by atoms with Crippen LogP contribution in [-0.4, -0.2) is 18.9 Å². The van der Waals surface area contributed by atoms with E-state index >= 15 is 0 Å². The van der Waals surface area contributed by atoms with Crippen molar-refractivity contribution in [2.75, 3.05) is 7.05 Å². The lowest BCUT2D eigenvalue weighted by Crippen LogP contribution is -2.17. The van der Waals surface area contributed by atoms with Crippen molar-refractivity contribution in [2.24, 2.45) is 4.99 Å². The van der Waals surface area contributed by atoms with Gasteiger partial charge in [0.1, 0.15) is 0 Å². The molecule has 0 aliphatic heterocycles. The van der Waals surface area contributed by atoms with Crippen LogP contribution in [0.25, 0.3) is 0 Å². The predicted octanol–water partition coefficient (Wildman–Crippen LogP) is 4.39. The third-order valence-corrected chi connectivity index (χ3v) is 1.82. The fourth-order valence-electron chi connectivity index (χ4n) is 0.698. The Labute approximate surface area is 90.1 Å². The molecule has 0 unspecified atom stereocenters. The molecule has 0 atom stereocenters. The smallest absolute Gasteiger partial charge is 0.293 e. The van der Waals surface area contributed by atoms with Gasteiger partial charge in [0.2, 0.25) is 0 Å². The van der Waals surface area contributed by atoms with Crippen LogP contribution in [-0.2, 0) is 0 Å². The number of hydrogen-bond donors (Lipinski definition) is 0. The first-order valence-corrected chi connectivity index (χ1v) is 5.02. The summed E-state index contributed by atoms with van der Waals surface area (Å²) in [5.74, 6) is 0. The van der Waals surface area contributed by atoms with Gasteiger partial charge in [-0.25, -0.2) is 0 Å². The van der Waals surface area contributed by atoms with E-state index in [1.54, 1.807) is 0 Å². The molecule has 0 aliphatic rings. The molecule has 0 heterocycles. The van der Waals surface area contributed by atoms with Gasteiger partial charge in [-0.2, -0.15) is 13.2 Å². The number of halogens is 3. The number of allylic oxidation sites excluding steroid dienone is 2. The van der Waals surface area contributed by atoms with E-state index in [9.17, 15) is 13.2 Å². The molecule has 15 heavy (non-hydrogen) atoms. The molecular formula is C11H20F3N. The molecule has 0 amide bonds. The van der Waals surface area contributed by atoms with Gasteiger partial charge >= 0.3 is 6.18 Å². The number of alkyl halides is 3. The molecule has 0 bridgehead atoms. The average Bonchev–Trinajstić information content (AvgIpc) is 2.16. The normalized spacial score (nSPS) is 13.3. The first kappa shape index (κ1) is 16.6. The SMILES string of the molecule is C/C=C(\C(C)=NC)C(F)(F)F.CCCC. The molecule has 0 saturated heterocycles. The average molecular weight is 223 g/mol. The fourth-order valence-corrected chi connectivity index (χ4v) is 0.698. The Bertz CT molecular complexity index is 212. The summed E-state index contributed by atoms with van der Waals surface area (Å²) in [7, 11) is 1.34. The van der Waals surface area contributed by atoms with E-state index in [2.05, 4.69) is 18.8 Å². The van der Waals surface area contributed by atoms with Crippen molar-refractivity contribution < 1.29 is 13.2 Å². The molecule has 0 aromatic rings. The van der Waals surface area contributed by atoms with Crippen LogP contribution in [0.5, 0.6) is 0 Å². The predicted molar refractivity (Wildman–Crippen MR) is 59.4 cm³/mol. The maximum Gasteiger partial charge on any atom is 0.417 e. The molecular weight excluding hydrogens is 203 g/mol. The Morgan fingerprint density at radius 1 is 1.20 bits per heavy atom. The molecule has 4 heteroatoms. The second-order valence-electron chi connectivity index (χ2n) is 3.01. The van der Waals surface area contributed by atoms with Gasteiger partial charge in [-0.15, -0.1) is 0 Å². The molecule has 0 rings (SSSR count). The van der Waals surface area contributed by atoms with E-state index in [0.717, 1.165) is 6.08 Å². The minimum absolute atomic E-state index is 0.0139. The monoisotopic (exact) mass is 223 g/mol. The lowest BCUT2D eigenvalue weighted by atomic mass is 10.1. The minimum atomic E-state index is -4.28. The van der Waals surface area contributed by atoms with Gasteiger partial charge in [-0.3, -0.25) is 4.99 Å². The van der Waals surface area contributed by atoms with Crippen LogP contribution >= 0.6 is 0 Å². The minimum Gasteiger partial charge on any atom is -0.293 e. The fraction of sp³-hybridized carbons (Fsp3) is 0.727. The maximum absolute atomic E-state index is 12.0. The molecule has 0 saturated carbocycles. The Morgan fingerprint density at radius 2 is 1.60 bits per heavy atom. The van der Waals surface area contributed by atoms with Gasteiger partial charge in [-0.1, -0.05) is 32.8 Å². The highest BCUT2D eigenvalue weighted by atomic mass is 19.4. The van der Waals surface area contributed by atoms with E-state index in [1.807, 2.05) is 0 Å². The van der Waals surface area contributed by atoms with Crippen molar-refractivity contribution in [3.8, 4) is 0 Å². The quantitative estimate of drug-likeness (QED) is 0.615. The van der Waals surface area contributed by atoms with Gasteiger partial charge in [0.05, 0.1) is 5.57 Å². The first-order valence-electron chi connectivity index (χ1n) is 5.02. The number of hydrogen-bond acceptors (Lipinski definition) is 1. The highest BCUT2D eigenvalue weighted by molar-refractivity contribution is 5.99. The first-order chi connectivity index (χ1) is 6.84. The maximum atomic E-state index is 12.0. The number of unbranched alkanes of at least 4 members (excludes halogenated alkanes) is 1. The van der Waals surface area contributed by atoms with Crippen LogP contribution < -0.4 is 0 Å². The Kier molecular flexibility index (Phi) is 9.42. The summed E-state index contributed by atoms with van der Waals surface area (Å²) in [6, 6.07) is 0. The molecule has 0 radical (unpaired) electrons. The number of rotatable bonds is 2. The molecule has 90 valence electrons. The molecule has 0 aromatic carbocycles. The molecule has 0 N–H and O–H groups in total. The zero-order chi connectivity index (χ0) is 12.5.